The van der Waals surface area contributed by atoms with E-state index in [9.17, 15) is 0 Å². The molecule has 0 unspecified atom stereocenters. The fourth-order valence-electron chi connectivity index (χ4n) is 0. The van der Waals surface area contributed by atoms with Crippen LogP contribution in [0.1, 0.15) is 20.8 Å². The van der Waals surface area contributed by atoms with E-state index in [-0.39, 0.29) is 41.3 Å². The minimum atomic E-state index is -1.08. The number of carboxylic acids is 3. The summed E-state index contributed by atoms with van der Waals surface area (Å²) in [5.41, 5.74) is 0. The maximum Gasteiger partial charge on any atom is 3.00 e. The van der Waals surface area contributed by atoms with Gasteiger partial charge in [-0.05, 0) is 20.8 Å². The molecule has 0 aromatic rings. The number of carbonyl (C=O) groups is 3. The van der Waals surface area contributed by atoms with Crippen LogP contribution >= 0.6 is 0 Å². The van der Waals surface area contributed by atoms with Crippen molar-refractivity contribution in [2.45, 2.75) is 20.8 Å². The fourth-order valence-corrected chi connectivity index (χ4v) is 0. The molecule has 13 heavy (non-hydrogen) atoms. The second-order valence-corrected chi connectivity index (χ2v) is 1.47. The Morgan fingerprint density at radius 3 is 0.692 bits per heavy atom. The summed E-state index contributed by atoms with van der Waals surface area (Å²) in [7, 11) is 0. The minimum Gasteiger partial charge on any atom is -0.550 e. The molecule has 0 bridgehead atoms. The zero-order chi connectivity index (χ0) is 10.7. The van der Waals surface area contributed by atoms with E-state index >= 15 is 0 Å². The molecule has 0 atom stereocenters. The average molecular weight is 318 g/mol. The minimum absolute atomic E-state index is 0. The van der Waals surface area contributed by atoms with Crippen LogP contribution in [0.5, 0.6) is 0 Å². The Morgan fingerprint density at radius 1 is 0.692 bits per heavy atom. The Morgan fingerprint density at radius 2 is 0.692 bits per heavy atom. The SMILES string of the molecule is CC(=O)[O-].CC(=O)[O-].CC(=O)[O-].[Pr+3]. The number of hydrogen-bond donors (Lipinski definition) is 0. The van der Waals surface area contributed by atoms with Crippen LogP contribution in [0, 0.1) is 41.3 Å². The van der Waals surface area contributed by atoms with E-state index in [1.54, 1.807) is 0 Å². The van der Waals surface area contributed by atoms with E-state index < -0.39 is 17.9 Å². The third-order valence-electron chi connectivity index (χ3n) is 0. The Bertz CT molecular complexity index is 115. The first-order valence-electron chi connectivity index (χ1n) is 2.72. The Labute approximate surface area is 109 Å². The third-order valence-corrected chi connectivity index (χ3v) is 0. The van der Waals surface area contributed by atoms with Crippen LogP contribution in [0.3, 0.4) is 0 Å². The summed E-state index contributed by atoms with van der Waals surface area (Å²) >= 11 is 0. The summed E-state index contributed by atoms with van der Waals surface area (Å²) in [6.45, 7) is 2.92. The van der Waals surface area contributed by atoms with E-state index in [4.69, 9.17) is 29.7 Å². The molecule has 6 nitrogen and oxygen atoms in total. The van der Waals surface area contributed by atoms with Gasteiger partial charge in [-0.1, -0.05) is 0 Å². The Hall–Kier alpha value is -0.226. The quantitative estimate of drug-likeness (QED) is 0.453. The largest absolute Gasteiger partial charge is 3.00 e. The van der Waals surface area contributed by atoms with Gasteiger partial charge in [0.2, 0.25) is 0 Å². The van der Waals surface area contributed by atoms with Gasteiger partial charge in [0.1, 0.15) is 0 Å². The monoisotopic (exact) mass is 318 g/mol. The van der Waals surface area contributed by atoms with Crippen molar-refractivity contribution >= 4 is 17.9 Å². The van der Waals surface area contributed by atoms with Crippen LogP contribution < -0.4 is 15.3 Å². The molecular formula is C6H9O6Pr. The molecule has 0 amide bonds. The van der Waals surface area contributed by atoms with Gasteiger partial charge < -0.3 is 29.7 Å². The molecule has 0 aliphatic carbocycles. The van der Waals surface area contributed by atoms with Gasteiger partial charge in [-0.15, -0.1) is 0 Å². The maximum atomic E-state index is 8.89. The van der Waals surface area contributed by atoms with Crippen molar-refractivity contribution in [1.82, 2.24) is 0 Å². The maximum absolute atomic E-state index is 8.89. The third kappa shape index (κ3) is 21900. The smallest absolute Gasteiger partial charge is 0.550 e. The van der Waals surface area contributed by atoms with Crippen molar-refractivity contribution in [2.24, 2.45) is 0 Å². The van der Waals surface area contributed by atoms with Gasteiger partial charge >= 0.3 is 41.3 Å². The number of hydrogen-bond acceptors (Lipinski definition) is 6. The van der Waals surface area contributed by atoms with E-state index in [0.29, 0.717) is 0 Å². The second kappa shape index (κ2) is 17.8. The molecule has 0 aliphatic rings. The first-order chi connectivity index (χ1) is 5.20. The van der Waals surface area contributed by atoms with Gasteiger partial charge in [0.25, 0.3) is 0 Å². The summed E-state index contributed by atoms with van der Waals surface area (Å²) in [5.74, 6) is -3.25. The molecule has 0 rings (SSSR count). The molecule has 0 aromatic carbocycles. The topological polar surface area (TPSA) is 120 Å². The Kier molecular flexibility index (Phi) is 31.4. The van der Waals surface area contributed by atoms with Gasteiger partial charge in [0.05, 0.1) is 0 Å². The van der Waals surface area contributed by atoms with Gasteiger partial charge in [-0.2, -0.15) is 0 Å². The van der Waals surface area contributed by atoms with Crippen molar-refractivity contribution < 1.29 is 71.0 Å². The van der Waals surface area contributed by atoms with Crippen molar-refractivity contribution in [1.29, 1.82) is 0 Å². The molecule has 0 saturated heterocycles. The molecule has 72 valence electrons. The number of aliphatic carboxylic acids is 3. The molecule has 0 N–H and O–H groups in total. The molecule has 0 aliphatic heterocycles. The number of carboxylic acid groups (broad SMARTS) is 3. The van der Waals surface area contributed by atoms with Gasteiger partial charge in [-0.25, -0.2) is 0 Å². The van der Waals surface area contributed by atoms with Crippen LogP contribution in [0.15, 0.2) is 0 Å². The summed E-state index contributed by atoms with van der Waals surface area (Å²) in [6.07, 6.45) is 0. The van der Waals surface area contributed by atoms with Crippen LogP contribution in [0.25, 0.3) is 0 Å². The van der Waals surface area contributed by atoms with E-state index in [0.717, 1.165) is 20.8 Å². The fraction of sp³-hybridized carbons (Fsp3) is 0.500. The predicted molar refractivity (Wildman–Crippen MR) is 32.0 cm³/mol. The molecule has 0 spiro atoms. The standard InChI is InChI=1S/3C2H4O2.Pr/c3*1-2(3)4;/h3*1H3,(H,3,4);/q;;;+3/p-3. The zero-order valence-electron chi connectivity index (χ0n) is 7.53. The van der Waals surface area contributed by atoms with Crippen molar-refractivity contribution in [2.75, 3.05) is 0 Å². The van der Waals surface area contributed by atoms with Crippen LogP contribution in [-0.2, 0) is 14.4 Å². The molecule has 0 saturated carbocycles. The molecule has 0 aromatic heterocycles. The van der Waals surface area contributed by atoms with Crippen molar-refractivity contribution in [3.05, 3.63) is 0 Å². The summed E-state index contributed by atoms with van der Waals surface area (Å²) in [5, 5.41) is 26.7. The molecule has 0 heterocycles. The van der Waals surface area contributed by atoms with Crippen LogP contribution in [-0.4, -0.2) is 17.9 Å². The van der Waals surface area contributed by atoms with Gasteiger partial charge in [0.15, 0.2) is 0 Å². The van der Waals surface area contributed by atoms with E-state index in [2.05, 4.69) is 0 Å². The summed E-state index contributed by atoms with van der Waals surface area (Å²) in [4.78, 5) is 26.7. The zero-order valence-corrected chi connectivity index (χ0v) is 11.2. The van der Waals surface area contributed by atoms with Gasteiger partial charge in [0, 0.05) is 17.9 Å². The summed E-state index contributed by atoms with van der Waals surface area (Å²) in [6, 6.07) is 0. The van der Waals surface area contributed by atoms with Crippen molar-refractivity contribution in [3.63, 3.8) is 0 Å². The molecular weight excluding hydrogens is 309 g/mol. The number of carbonyl (C=O) groups excluding carboxylic acids is 3. The van der Waals surface area contributed by atoms with E-state index in [1.807, 2.05) is 0 Å². The first kappa shape index (κ1) is 23.0. The molecule has 7 heteroatoms. The Balaban J connectivity index is -0.0000000450. The van der Waals surface area contributed by atoms with Crippen LogP contribution in [0.4, 0.5) is 0 Å². The predicted octanol–water partition coefficient (Wildman–Crippen LogP) is -3.73. The van der Waals surface area contributed by atoms with Crippen LogP contribution in [0.2, 0.25) is 0 Å². The van der Waals surface area contributed by atoms with Crippen molar-refractivity contribution in [3.8, 4) is 0 Å². The first-order valence-corrected chi connectivity index (χ1v) is 2.72. The molecule has 0 radical (unpaired) electrons. The summed E-state index contributed by atoms with van der Waals surface area (Å²) < 4.78 is 0. The number of rotatable bonds is 0. The van der Waals surface area contributed by atoms with E-state index in [1.165, 1.54) is 0 Å². The average Bonchev–Trinajstić information content (AvgIpc) is 1.54. The molecule has 0 fully saturated rings. The van der Waals surface area contributed by atoms with Gasteiger partial charge in [-0.3, -0.25) is 0 Å². The second-order valence-electron chi connectivity index (χ2n) is 1.47. The normalized spacial score (nSPS) is 5.77.